The molecule has 0 aromatic heterocycles. The van der Waals surface area contributed by atoms with Crippen molar-refractivity contribution in [2.24, 2.45) is 5.92 Å². The van der Waals surface area contributed by atoms with Crippen molar-refractivity contribution in [1.82, 2.24) is 0 Å². The predicted octanol–water partition coefficient (Wildman–Crippen LogP) is 2.53. The maximum Gasteiger partial charge on any atom is 0.141 e. The smallest absolute Gasteiger partial charge is 0.141 e. The van der Waals surface area contributed by atoms with Gasteiger partial charge in [0.25, 0.3) is 0 Å². The molecule has 0 aliphatic rings. The molecule has 4 heteroatoms. The molecule has 88 valence electrons. The normalized spacial score (nSPS) is 12.6. The number of halogens is 1. The Balaban J connectivity index is 3.08. The van der Waals surface area contributed by atoms with E-state index in [1.165, 1.54) is 4.90 Å². The van der Waals surface area contributed by atoms with Crippen LogP contribution in [-0.4, -0.2) is 12.1 Å². The van der Waals surface area contributed by atoms with E-state index in [0.717, 1.165) is 0 Å². The zero-order valence-electron chi connectivity index (χ0n) is 9.61. The lowest BCUT2D eigenvalue weighted by Gasteiger charge is -2.34. The fraction of sp³-hybridized carbons (Fsp3) is 0.417. The van der Waals surface area contributed by atoms with Gasteiger partial charge in [-0.05, 0) is 31.0 Å². The maximum atomic E-state index is 11.1. The molecule has 16 heavy (non-hydrogen) atoms. The minimum atomic E-state index is -1.21. The van der Waals surface area contributed by atoms with Gasteiger partial charge in [-0.25, -0.2) is 0 Å². The summed E-state index contributed by atoms with van der Waals surface area (Å²) in [5, 5.41) is 11.6. The van der Waals surface area contributed by atoms with E-state index < -0.39 is 6.09 Å². The van der Waals surface area contributed by atoms with Crippen LogP contribution in [0.1, 0.15) is 20.8 Å². The fourth-order valence-electron chi connectivity index (χ4n) is 1.43. The Morgan fingerprint density at radius 1 is 1.38 bits per heavy atom. The molecule has 0 spiro atoms. The summed E-state index contributed by atoms with van der Waals surface area (Å²) in [4.78, 5) is 12.4. The van der Waals surface area contributed by atoms with Crippen molar-refractivity contribution < 1.29 is 9.90 Å². The predicted molar refractivity (Wildman–Crippen MR) is 63.6 cm³/mol. The van der Waals surface area contributed by atoms with Gasteiger partial charge < -0.3 is 14.8 Å². The molecule has 3 nitrogen and oxygen atoms in total. The Labute approximate surface area is 101 Å². The number of carbonyl (C=O) groups excluding carboxylic acids is 1. The van der Waals surface area contributed by atoms with E-state index >= 15 is 0 Å². The summed E-state index contributed by atoms with van der Waals surface area (Å²) in [7, 11) is 0. The molecule has 0 N–H and O–H groups in total. The summed E-state index contributed by atoms with van der Waals surface area (Å²) in [5.74, 6) is 0.205. The van der Waals surface area contributed by atoms with Crippen molar-refractivity contribution in [1.29, 1.82) is 0 Å². The maximum absolute atomic E-state index is 11.1. The van der Waals surface area contributed by atoms with Crippen LogP contribution in [0.2, 0.25) is 5.02 Å². The highest BCUT2D eigenvalue weighted by Crippen LogP contribution is 2.23. The third-order valence-corrected chi connectivity index (χ3v) is 2.89. The van der Waals surface area contributed by atoms with E-state index in [-0.39, 0.29) is 12.0 Å². The largest absolute Gasteiger partial charge is 0.530 e. The number of hydrogen-bond donors (Lipinski definition) is 0. The minimum Gasteiger partial charge on any atom is -0.530 e. The van der Waals surface area contributed by atoms with Gasteiger partial charge in [-0.3, -0.25) is 0 Å². The van der Waals surface area contributed by atoms with E-state index in [4.69, 9.17) is 11.6 Å². The molecule has 1 rings (SSSR count). The summed E-state index contributed by atoms with van der Waals surface area (Å²) in [6.07, 6.45) is -1.21. The zero-order valence-corrected chi connectivity index (χ0v) is 10.4. The fourth-order valence-corrected chi connectivity index (χ4v) is 1.62. The molecule has 1 amide bonds. The summed E-state index contributed by atoms with van der Waals surface area (Å²) in [5.41, 5.74) is 0.550. The number of hydrogen-bond acceptors (Lipinski definition) is 2. The molecule has 0 saturated carbocycles. The second-order valence-electron chi connectivity index (χ2n) is 4.10. The van der Waals surface area contributed by atoms with Crippen LogP contribution in [0.3, 0.4) is 0 Å². The van der Waals surface area contributed by atoms with Gasteiger partial charge in [0, 0.05) is 16.8 Å². The number of amides is 1. The Bertz CT molecular complexity index is 379. The molecule has 0 saturated heterocycles. The van der Waals surface area contributed by atoms with Crippen LogP contribution in [0, 0.1) is 5.92 Å². The van der Waals surface area contributed by atoms with Gasteiger partial charge in [-0.1, -0.05) is 31.5 Å². The third kappa shape index (κ3) is 2.89. The average molecular weight is 241 g/mol. The molecule has 1 aromatic rings. The molecular weight excluding hydrogens is 226 g/mol. The highest BCUT2D eigenvalue weighted by atomic mass is 35.5. The van der Waals surface area contributed by atoms with Crippen LogP contribution in [0.25, 0.3) is 0 Å². The van der Waals surface area contributed by atoms with Crippen LogP contribution < -0.4 is 10.0 Å². The summed E-state index contributed by atoms with van der Waals surface area (Å²) >= 11 is 5.84. The van der Waals surface area contributed by atoms with Gasteiger partial charge in [0.05, 0.1) is 0 Å². The van der Waals surface area contributed by atoms with Gasteiger partial charge >= 0.3 is 0 Å². The zero-order chi connectivity index (χ0) is 12.3. The number of carbonyl (C=O) groups is 1. The number of benzene rings is 1. The van der Waals surface area contributed by atoms with E-state index in [1.807, 2.05) is 20.8 Å². The average Bonchev–Trinajstić information content (AvgIpc) is 2.17. The summed E-state index contributed by atoms with van der Waals surface area (Å²) in [6.45, 7) is 5.78. The Kier molecular flexibility index (Phi) is 4.19. The standard InChI is InChI=1S/C12H16ClNO2/c1-8(2)9(3)14(12(15)16)11-6-4-5-10(13)7-11/h4-9H,1-3H3,(H,15,16)/p-1. The molecule has 0 fully saturated rings. The van der Waals surface area contributed by atoms with Crippen LogP contribution in [0.4, 0.5) is 10.5 Å². The topological polar surface area (TPSA) is 43.4 Å². The number of carboxylic acid groups (broad SMARTS) is 1. The molecule has 1 unspecified atom stereocenters. The van der Waals surface area contributed by atoms with Gasteiger partial charge in [-0.15, -0.1) is 0 Å². The number of nitrogens with zero attached hydrogens (tertiary/aromatic N) is 1. The Morgan fingerprint density at radius 3 is 2.44 bits per heavy atom. The molecular formula is C12H15ClNO2-. The SMILES string of the molecule is CC(C)C(C)N(C(=O)[O-])c1cccc(Cl)c1. The summed E-state index contributed by atoms with van der Waals surface area (Å²) < 4.78 is 0. The van der Waals surface area contributed by atoms with Crippen LogP contribution in [-0.2, 0) is 0 Å². The lowest BCUT2D eigenvalue weighted by molar-refractivity contribution is -0.247. The van der Waals surface area contributed by atoms with E-state index in [2.05, 4.69) is 0 Å². The first-order valence-corrected chi connectivity index (χ1v) is 5.57. The second-order valence-corrected chi connectivity index (χ2v) is 4.54. The van der Waals surface area contributed by atoms with Crippen molar-refractivity contribution in [2.45, 2.75) is 26.8 Å². The van der Waals surface area contributed by atoms with Gasteiger partial charge in [0.15, 0.2) is 0 Å². The Hall–Kier alpha value is -1.22. The van der Waals surface area contributed by atoms with Crippen LogP contribution in [0.5, 0.6) is 0 Å². The van der Waals surface area contributed by atoms with Crippen LogP contribution >= 0.6 is 11.6 Å². The third-order valence-electron chi connectivity index (χ3n) is 2.66. The van der Waals surface area contributed by atoms with Crippen molar-refractivity contribution in [3.8, 4) is 0 Å². The number of anilines is 1. The first kappa shape index (κ1) is 12.8. The van der Waals surface area contributed by atoms with E-state index in [1.54, 1.807) is 24.3 Å². The van der Waals surface area contributed by atoms with Crippen LogP contribution in [0.15, 0.2) is 24.3 Å². The molecule has 1 aromatic carbocycles. The molecule has 0 heterocycles. The van der Waals surface area contributed by atoms with Crippen molar-refractivity contribution in [2.75, 3.05) is 4.90 Å². The summed E-state index contributed by atoms with van der Waals surface area (Å²) in [6, 6.07) is 6.61. The van der Waals surface area contributed by atoms with Crippen molar-refractivity contribution in [3.05, 3.63) is 29.3 Å². The first-order valence-electron chi connectivity index (χ1n) is 5.19. The van der Waals surface area contributed by atoms with Crippen molar-refractivity contribution in [3.63, 3.8) is 0 Å². The molecule has 0 bridgehead atoms. The van der Waals surface area contributed by atoms with E-state index in [9.17, 15) is 9.90 Å². The minimum absolute atomic E-state index is 0.150. The highest BCUT2D eigenvalue weighted by molar-refractivity contribution is 6.30. The van der Waals surface area contributed by atoms with Gasteiger partial charge in [-0.2, -0.15) is 0 Å². The monoisotopic (exact) mass is 240 g/mol. The quantitative estimate of drug-likeness (QED) is 0.815. The van der Waals surface area contributed by atoms with Gasteiger partial charge in [0.1, 0.15) is 6.09 Å². The first-order chi connectivity index (χ1) is 7.43. The lowest BCUT2D eigenvalue weighted by Crippen LogP contribution is -2.48. The molecule has 0 aliphatic carbocycles. The molecule has 1 atom stereocenters. The number of rotatable bonds is 3. The molecule has 0 radical (unpaired) electrons. The van der Waals surface area contributed by atoms with E-state index in [0.29, 0.717) is 10.7 Å². The Morgan fingerprint density at radius 2 is 2.00 bits per heavy atom. The van der Waals surface area contributed by atoms with Gasteiger partial charge in [0.2, 0.25) is 0 Å². The highest BCUT2D eigenvalue weighted by Gasteiger charge is 2.18. The molecule has 0 aliphatic heterocycles. The van der Waals surface area contributed by atoms with Crippen molar-refractivity contribution >= 4 is 23.4 Å². The second kappa shape index (κ2) is 5.21. The lowest BCUT2D eigenvalue weighted by atomic mass is 10.0.